The lowest BCUT2D eigenvalue weighted by atomic mass is 10.0. The van der Waals surface area contributed by atoms with Crippen LogP contribution in [0, 0.1) is 0 Å². The SMILES string of the molecule is COc1ccc(CCc2ccc(SC)cc2)cc1. The summed E-state index contributed by atoms with van der Waals surface area (Å²) >= 11 is 1.78. The Hall–Kier alpha value is -1.41. The minimum atomic E-state index is 0.920. The Morgan fingerprint density at radius 2 is 1.33 bits per heavy atom. The van der Waals surface area contributed by atoms with Crippen LogP contribution in [-0.2, 0) is 12.8 Å². The fraction of sp³-hybridized carbons (Fsp3) is 0.250. The molecule has 0 saturated heterocycles. The first kappa shape index (κ1) is 13.0. The molecule has 0 aliphatic carbocycles. The van der Waals surface area contributed by atoms with Crippen LogP contribution in [0.25, 0.3) is 0 Å². The molecular formula is C16H18OS. The third-order valence-corrected chi connectivity index (χ3v) is 3.76. The lowest BCUT2D eigenvalue weighted by Crippen LogP contribution is -1.91. The molecule has 0 atom stereocenters. The second-order valence-electron chi connectivity index (χ2n) is 4.20. The Morgan fingerprint density at radius 3 is 1.78 bits per heavy atom. The molecule has 0 aliphatic rings. The molecule has 2 rings (SSSR count). The first-order chi connectivity index (χ1) is 8.81. The highest BCUT2D eigenvalue weighted by molar-refractivity contribution is 7.98. The zero-order valence-electron chi connectivity index (χ0n) is 10.8. The molecule has 0 saturated carbocycles. The maximum Gasteiger partial charge on any atom is 0.118 e. The Morgan fingerprint density at radius 1 is 0.833 bits per heavy atom. The largest absolute Gasteiger partial charge is 0.497 e. The molecule has 0 aliphatic heterocycles. The van der Waals surface area contributed by atoms with Gasteiger partial charge in [-0.2, -0.15) is 0 Å². The molecule has 2 aromatic carbocycles. The van der Waals surface area contributed by atoms with Crippen LogP contribution in [0.15, 0.2) is 53.4 Å². The van der Waals surface area contributed by atoms with Gasteiger partial charge >= 0.3 is 0 Å². The van der Waals surface area contributed by atoms with Crippen LogP contribution in [0.4, 0.5) is 0 Å². The summed E-state index contributed by atoms with van der Waals surface area (Å²) in [5.41, 5.74) is 2.74. The van der Waals surface area contributed by atoms with E-state index in [4.69, 9.17) is 4.74 Å². The van der Waals surface area contributed by atoms with Crippen molar-refractivity contribution in [3.8, 4) is 5.75 Å². The monoisotopic (exact) mass is 258 g/mol. The predicted octanol–water partition coefficient (Wildman–Crippen LogP) is 4.20. The smallest absolute Gasteiger partial charge is 0.118 e. The molecule has 1 nitrogen and oxygen atoms in total. The lowest BCUT2D eigenvalue weighted by Gasteiger charge is -2.04. The molecule has 0 amide bonds. The maximum atomic E-state index is 5.16. The average Bonchev–Trinajstić information content (AvgIpc) is 2.46. The van der Waals surface area contributed by atoms with Crippen LogP contribution in [0.5, 0.6) is 5.75 Å². The fourth-order valence-corrected chi connectivity index (χ4v) is 2.28. The topological polar surface area (TPSA) is 9.23 Å². The van der Waals surface area contributed by atoms with Crippen LogP contribution >= 0.6 is 11.8 Å². The number of thioether (sulfide) groups is 1. The summed E-state index contributed by atoms with van der Waals surface area (Å²) in [6, 6.07) is 17.1. The molecule has 0 spiro atoms. The Balaban J connectivity index is 1.93. The summed E-state index contributed by atoms with van der Waals surface area (Å²) < 4.78 is 5.16. The summed E-state index contributed by atoms with van der Waals surface area (Å²) in [5.74, 6) is 0.920. The van der Waals surface area contributed by atoms with Crippen molar-refractivity contribution >= 4 is 11.8 Å². The van der Waals surface area contributed by atoms with Gasteiger partial charge < -0.3 is 4.74 Å². The minimum absolute atomic E-state index is 0.920. The predicted molar refractivity (Wildman–Crippen MR) is 78.6 cm³/mol. The normalized spacial score (nSPS) is 10.3. The van der Waals surface area contributed by atoms with Crippen molar-refractivity contribution < 1.29 is 4.74 Å². The van der Waals surface area contributed by atoms with Gasteiger partial charge in [-0.1, -0.05) is 24.3 Å². The summed E-state index contributed by atoms with van der Waals surface area (Å²) in [6.45, 7) is 0. The van der Waals surface area contributed by atoms with E-state index in [0.717, 1.165) is 18.6 Å². The van der Waals surface area contributed by atoms with Gasteiger partial charge in [0.05, 0.1) is 7.11 Å². The fourth-order valence-electron chi connectivity index (χ4n) is 1.87. The van der Waals surface area contributed by atoms with E-state index in [-0.39, 0.29) is 0 Å². The number of aryl methyl sites for hydroxylation is 2. The highest BCUT2D eigenvalue weighted by atomic mass is 32.2. The summed E-state index contributed by atoms with van der Waals surface area (Å²) in [4.78, 5) is 1.32. The molecule has 0 heterocycles. The number of benzene rings is 2. The van der Waals surface area contributed by atoms with Gasteiger partial charge in [0.2, 0.25) is 0 Å². The number of hydrogen-bond donors (Lipinski definition) is 0. The summed E-state index contributed by atoms with van der Waals surface area (Å²) in [5, 5.41) is 0. The Labute approximate surface area is 113 Å². The molecule has 0 bridgehead atoms. The van der Waals surface area contributed by atoms with E-state index < -0.39 is 0 Å². The molecule has 0 N–H and O–H groups in total. The average molecular weight is 258 g/mol. The Kier molecular flexibility index (Phi) is 4.71. The van der Waals surface area contributed by atoms with Gasteiger partial charge in [-0.05, 0) is 54.5 Å². The molecule has 2 aromatic rings. The third kappa shape index (κ3) is 3.54. The van der Waals surface area contributed by atoms with Crippen molar-refractivity contribution in [3.63, 3.8) is 0 Å². The van der Waals surface area contributed by atoms with Gasteiger partial charge in [0, 0.05) is 4.90 Å². The summed E-state index contributed by atoms with van der Waals surface area (Å²) in [6.07, 6.45) is 4.26. The molecule has 0 unspecified atom stereocenters. The highest BCUT2D eigenvalue weighted by Crippen LogP contribution is 2.17. The summed E-state index contributed by atoms with van der Waals surface area (Å²) in [7, 11) is 1.70. The molecule has 2 heteroatoms. The van der Waals surface area contributed by atoms with E-state index in [2.05, 4.69) is 42.7 Å². The van der Waals surface area contributed by atoms with Gasteiger partial charge in [-0.3, -0.25) is 0 Å². The number of rotatable bonds is 5. The molecule has 0 aromatic heterocycles. The molecule has 0 fully saturated rings. The first-order valence-corrected chi connectivity index (χ1v) is 7.30. The molecule has 94 valence electrons. The minimum Gasteiger partial charge on any atom is -0.497 e. The van der Waals surface area contributed by atoms with Crippen LogP contribution in [0.2, 0.25) is 0 Å². The number of methoxy groups -OCH3 is 1. The van der Waals surface area contributed by atoms with E-state index in [0.29, 0.717) is 0 Å². The van der Waals surface area contributed by atoms with E-state index >= 15 is 0 Å². The number of hydrogen-bond acceptors (Lipinski definition) is 2. The van der Waals surface area contributed by atoms with E-state index in [1.807, 2.05) is 12.1 Å². The number of ether oxygens (including phenoxy) is 1. The zero-order valence-corrected chi connectivity index (χ0v) is 11.7. The third-order valence-electron chi connectivity index (χ3n) is 3.02. The van der Waals surface area contributed by atoms with Crippen LogP contribution in [-0.4, -0.2) is 13.4 Å². The van der Waals surface area contributed by atoms with Crippen LogP contribution in [0.1, 0.15) is 11.1 Å². The van der Waals surface area contributed by atoms with E-state index in [1.165, 1.54) is 16.0 Å². The van der Waals surface area contributed by atoms with E-state index in [9.17, 15) is 0 Å². The Bertz CT molecular complexity index is 426. The van der Waals surface area contributed by atoms with Crippen molar-refractivity contribution in [3.05, 3.63) is 59.7 Å². The second-order valence-corrected chi connectivity index (χ2v) is 5.08. The van der Waals surface area contributed by atoms with Crippen LogP contribution in [0.3, 0.4) is 0 Å². The van der Waals surface area contributed by atoms with Gasteiger partial charge in [-0.15, -0.1) is 11.8 Å². The van der Waals surface area contributed by atoms with Crippen molar-refractivity contribution in [2.24, 2.45) is 0 Å². The van der Waals surface area contributed by atoms with Crippen molar-refractivity contribution in [1.29, 1.82) is 0 Å². The molecule has 0 radical (unpaired) electrons. The van der Waals surface area contributed by atoms with Crippen molar-refractivity contribution in [2.75, 3.05) is 13.4 Å². The van der Waals surface area contributed by atoms with Crippen molar-refractivity contribution in [2.45, 2.75) is 17.7 Å². The van der Waals surface area contributed by atoms with Crippen LogP contribution < -0.4 is 4.74 Å². The quantitative estimate of drug-likeness (QED) is 0.743. The molecule has 18 heavy (non-hydrogen) atoms. The van der Waals surface area contributed by atoms with Crippen molar-refractivity contribution in [1.82, 2.24) is 0 Å². The maximum absolute atomic E-state index is 5.16. The van der Waals surface area contributed by atoms with Gasteiger partial charge in [-0.25, -0.2) is 0 Å². The zero-order chi connectivity index (χ0) is 12.8. The lowest BCUT2D eigenvalue weighted by molar-refractivity contribution is 0.414. The standard InChI is InChI=1S/C16H18OS/c1-17-15-9-5-13(6-10-15)3-4-14-7-11-16(18-2)12-8-14/h5-12H,3-4H2,1-2H3. The molecular weight excluding hydrogens is 240 g/mol. The van der Waals surface area contributed by atoms with Gasteiger partial charge in [0.25, 0.3) is 0 Å². The van der Waals surface area contributed by atoms with Gasteiger partial charge in [0.15, 0.2) is 0 Å². The second kappa shape index (κ2) is 6.50. The highest BCUT2D eigenvalue weighted by Gasteiger charge is 1.97. The van der Waals surface area contributed by atoms with E-state index in [1.54, 1.807) is 18.9 Å². The van der Waals surface area contributed by atoms with Gasteiger partial charge in [0.1, 0.15) is 5.75 Å². The first-order valence-electron chi connectivity index (χ1n) is 6.07.